The monoisotopic (exact) mass is 474 g/mol. The van der Waals surface area contributed by atoms with Crippen LogP contribution in [-0.2, 0) is 6.54 Å². The maximum Gasteiger partial charge on any atom is 0.336 e. The molecule has 184 valence electrons. The van der Waals surface area contributed by atoms with E-state index in [0.29, 0.717) is 24.4 Å². The summed E-state index contributed by atoms with van der Waals surface area (Å²) in [6.45, 7) is 4.52. The summed E-state index contributed by atoms with van der Waals surface area (Å²) in [6.07, 6.45) is 8.75. The SMILES string of the molecule is CCC(C)c1cn(C(=O)CC2CCCCC2)c(=O)n1Cc1ccc(-c2ccccc2C(=O)O)cc1. The van der Waals surface area contributed by atoms with E-state index in [0.717, 1.165) is 36.1 Å². The molecule has 0 spiro atoms. The van der Waals surface area contributed by atoms with Crippen molar-refractivity contribution in [2.75, 3.05) is 0 Å². The molecule has 6 heteroatoms. The van der Waals surface area contributed by atoms with E-state index < -0.39 is 5.97 Å². The summed E-state index contributed by atoms with van der Waals surface area (Å²) in [4.78, 5) is 38.0. The highest BCUT2D eigenvalue weighted by atomic mass is 16.4. The number of carboxylic acids is 1. The molecule has 0 saturated heterocycles. The highest BCUT2D eigenvalue weighted by Gasteiger charge is 2.23. The Hall–Kier alpha value is -3.41. The molecule has 0 radical (unpaired) electrons. The Bertz CT molecular complexity index is 1250. The lowest BCUT2D eigenvalue weighted by molar-refractivity contribution is 0.0697. The van der Waals surface area contributed by atoms with E-state index in [1.807, 2.05) is 30.3 Å². The first kappa shape index (κ1) is 24.7. The van der Waals surface area contributed by atoms with Crippen LogP contribution >= 0.6 is 0 Å². The molecule has 2 aromatic carbocycles. The lowest BCUT2D eigenvalue weighted by Crippen LogP contribution is -2.31. The van der Waals surface area contributed by atoms with Crippen LogP contribution < -0.4 is 5.69 Å². The third-order valence-corrected chi connectivity index (χ3v) is 7.35. The van der Waals surface area contributed by atoms with Gasteiger partial charge in [0.1, 0.15) is 0 Å². The molecule has 0 amide bonds. The molecule has 1 aromatic heterocycles. The molecular formula is C29H34N2O4. The maximum absolute atomic E-state index is 13.3. The summed E-state index contributed by atoms with van der Waals surface area (Å²) in [6, 6.07) is 14.5. The van der Waals surface area contributed by atoms with Crippen LogP contribution in [0.3, 0.4) is 0 Å². The molecule has 1 unspecified atom stereocenters. The van der Waals surface area contributed by atoms with Gasteiger partial charge in [0, 0.05) is 18.3 Å². The molecule has 1 aliphatic carbocycles. The Kier molecular flexibility index (Phi) is 7.69. The fraction of sp³-hybridized carbons (Fsp3) is 0.414. The van der Waals surface area contributed by atoms with Gasteiger partial charge in [0.2, 0.25) is 5.91 Å². The first-order valence-corrected chi connectivity index (χ1v) is 12.7. The van der Waals surface area contributed by atoms with Crippen molar-refractivity contribution in [1.82, 2.24) is 9.13 Å². The number of rotatable bonds is 8. The zero-order valence-electron chi connectivity index (χ0n) is 20.6. The van der Waals surface area contributed by atoms with Gasteiger partial charge in [-0.05, 0) is 53.9 Å². The number of benzene rings is 2. The van der Waals surface area contributed by atoms with Gasteiger partial charge in [0.05, 0.1) is 12.1 Å². The van der Waals surface area contributed by atoms with Crippen molar-refractivity contribution in [2.24, 2.45) is 5.92 Å². The molecule has 1 N–H and O–H groups in total. The minimum Gasteiger partial charge on any atom is -0.478 e. The van der Waals surface area contributed by atoms with Gasteiger partial charge in [-0.25, -0.2) is 14.2 Å². The standard InChI is InChI=1S/C29H34N2O4/c1-3-20(2)26-19-31(27(32)17-21-9-5-4-6-10-21)29(35)30(26)18-22-13-15-23(16-14-22)24-11-7-8-12-25(24)28(33)34/h7-8,11-16,19-21H,3-6,9-10,17-18H2,1-2H3,(H,33,34). The van der Waals surface area contributed by atoms with Gasteiger partial charge >= 0.3 is 11.7 Å². The fourth-order valence-electron chi connectivity index (χ4n) is 5.07. The topological polar surface area (TPSA) is 81.3 Å². The first-order valence-electron chi connectivity index (χ1n) is 12.7. The lowest BCUT2D eigenvalue weighted by Gasteiger charge is -2.20. The van der Waals surface area contributed by atoms with Crippen molar-refractivity contribution in [2.45, 2.75) is 71.3 Å². The number of imidazole rings is 1. The largest absolute Gasteiger partial charge is 0.478 e. The van der Waals surface area contributed by atoms with Crippen molar-refractivity contribution in [3.8, 4) is 11.1 Å². The Balaban J connectivity index is 1.60. The van der Waals surface area contributed by atoms with Crippen molar-refractivity contribution >= 4 is 11.9 Å². The van der Waals surface area contributed by atoms with E-state index in [-0.39, 0.29) is 23.1 Å². The third kappa shape index (κ3) is 5.47. The van der Waals surface area contributed by atoms with Crippen LogP contribution in [0.1, 0.15) is 91.1 Å². The van der Waals surface area contributed by atoms with Crippen LogP contribution in [0.15, 0.2) is 59.5 Å². The average molecular weight is 475 g/mol. The van der Waals surface area contributed by atoms with Crippen molar-refractivity contribution in [3.05, 3.63) is 82.0 Å². The van der Waals surface area contributed by atoms with Crippen LogP contribution in [0.25, 0.3) is 11.1 Å². The molecule has 0 aliphatic heterocycles. The molecular weight excluding hydrogens is 440 g/mol. The van der Waals surface area contributed by atoms with E-state index in [4.69, 9.17) is 0 Å². The number of nitrogens with zero attached hydrogens (tertiary/aromatic N) is 2. The van der Waals surface area contributed by atoms with Gasteiger partial charge in [-0.1, -0.05) is 75.6 Å². The van der Waals surface area contributed by atoms with Crippen molar-refractivity contribution in [3.63, 3.8) is 0 Å². The molecule has 4 rings (SSSR count). The second-order valence-electron chi connectivity index (χ2n) is 9.75. The summed E-state index contributed by atoms with van der Waals surface area (Å²) < 4.78 is 3.04. The molecule has 1 fully saturated rings. The zero-order chi connectivity index (χ0) is 24.9. The van der Waals surface area contributed by atoms with E-state index in [1.54, 1.807) is 29.0 Å². The number of carbonyl (C=O) groups excluding carboxylic acids is 1. The number of carboxylic acid groups (broad SMARTS) is 1. The quantitative estimate of drug-likeness (QED) is 0.422. The molecule has 35 heavy (non-hydrogen) atoms. The van der Waals surface area contributed by atoms with Crippen LogP contribution in [0, 0.1) is 5.92 Å². The van der Waals surface area contributed by atoms with Gasteiger partial charge in [-0.2, -0.15) is 0 Å². The fourth-order valence-corrected chi connectivity index (χ4v) is 5.07. The molecule has 6 nitrogen and oxygen atoms in total. The third-order valence-electron chi connectivity index (χ3n) is 7.35. The zero-order valence-corrected chi connectivity index (χ0v) is 20.6. The van der Waals surface area contributed by atoms with Gasteiger partial charge in [0.15, 0.2) is 0 Å². The van der Waals surface area contributed by atoms with Crippen LogP contribution in [0.5, 0.6) is 0 Å². The van der Waals surface area contributed by atoms with Gasteiger partial charge in [-0.15, -0.1) is 0 Å². The van der Waals surface area contributed by atoms with Gasteiger partial charge in [-0.3, -0.25) is 9.36 Å². The van der Waals surface area contributed by atoms with Crippen LogP contribution in [0.4, 0.5) is 0 Å². The summed E-state index contributed by atoms with van der Waals surface area (Å²) >= 11 is 0. The molecule has 0 bridgehead atoms. The summed E-state index contributed by atoms with van der Waals surface area (Å²) in [5.74, 6) is -0.549. The Labute approximate surface area is 206 Å². The minimum absolute atomic E-state index is 0.106. The second-order valence-corrected chi connectivity index (χ2v) is 9.75. The summed E-state index contributed by atoms with van der Waals surface area (Å²) in [5.41, 5.74) is 3.23. The molecule has 1 atom stereocenters. The highest BCUT2D eigenvalue weighted by Crippen LogP contribution is 2.28. The Morgan fingerprint density at radius 1 is 1.03 bits per heavy atom. The maximum atomic E-state index is 13.3. The smallest absolute Gasteiger partial charge is 0.336 e. The van der Waals surface area contributed by atoms with E-state index in [2.05, 4.69) is 13.8 Å². The Morgan fingerprint density at radius 3 is 2.37 bits per heavy atom. The summed E-state index contributed by atoms with van der Waals surface area (Å²) in [5, 5.41) is 9.50. The van der Waals surface area contributed by atoms with Gasteiger partial charge < -0.3 is 5.11 Å². The number of hydrogen-bond donors (Lipinski definition) is 1. The average Bonchev–Trinajstić information content (AvgIpc) is 3.20. The number of aromatic carboxylic acids is 1. The highest BCUT2D eigenvalue weighted by molar-refractivity contribution is 5.96. The number of carbonyl (C=O) groups is 2. The number of aromatic nitrogens is 2. The van der Waals surface area contributed by atoms with E-state index in [9.17, 15) is 19.5 Å². The van der Waals surface area contributed by atoms with Crippen LogP contribution in [-0.4, -0.2) is 26.1 Å². The minimum atomic E-state index is -0.964. The van der Waals surface area contributed by atoms with E-state index in [1.165, 1.54) is 23.8 Å². The molecule has 1 heterocycles. The van der Waals surface area contributed by atoms with E-state index >= 15 is 0 Å². The van der Waals surface area contributed by atoms with Gasteiger partial charge in [0.25, 0.3) is 0 Å². The predicted molar refractivity (Wildman–Crippen MR) is 137 cm³/mol. The summed E-state index contributed by atoms with van der Waals surface area (Å²) in [7, 11) is 0. The van der Waals surface area contributed by atoms with Crippen molar-refractivity contribution in [1.29, 1.82) is 0 Å². The number of hydrogen-bond acceptors (Lipinski definition) is 3. The van der Waals surface area contributed by atoms with Crippen LogP contribution in [0.2, 0.25) is 0 Å². The second kappa shape index (κ2) is 10.9. The van der Waals surface area contributed by atoms with Crippen molar-refractivity contribution < 1.29 is 14.7 Å². The normalized spacial score (nSPS) is 15.1. The first-order chi connectivity index (χ1) is 16.9. The molecule has 1 aliphatic rings. The Morgan fingerprint density at radius 2 is 1.71 bits per heavy atom. The molecule has 1 saturated carbocycles. The molecule has 3 aromatic rings. The predicted octanol–water partition coefficient (Wildman–Crippen LogP) is 6.19. The lowest BCUT2D eigenvalue weighted by atomic mass is 9.87.